The molecule has 1 heterocycles. The fourth-order valence-corrected chi connectivity index (χ4v) is 2.71. The van der Waals surface area contributed by atoms with Gasteiger partial charge < -0.3 is 20.9 Å². The van der Waals surface area contributed by atoms with Crippen molar-refractivity contribution in [2.45, 2.75) is 44.7 Å². The molecular formula is C14H30N4O. The van der Waals surface area contributed by atoms with Gasteiger partial charge in [0.1, 0.15) is 0 Å². The first-order chi connectivity index (χ1) is 8.89. The smallest absolute Gasteiger partial charge is 0.237 e. The zero-order chi connectivity index (χ0) is 14.5. The number of carbonyl (C=O) groups is 1. The average molecular weight is 270 g/mol. The van der Waals surface area contributed by atoms with Crippen LogP contribution in [-0.2, 0) is 4.79 Å². The lowest BCUT2D eigenvalue weighted by atomic mass is 9.95. The minimum Gasteiger partial charge on any atom is -0.368 e. The van der Waals surface area contributed by atoms with Crippen LogP contribution in [0.5, 0.6) is 0 Å². The zero-order valence-electron chi connectivity index (χ0n) is 12.9. The molecule has 1 rings (SSSR count). The van der Waals surface area contributed by atoms with E-state index in [2.05, 4.69) is 29.2 Å². The normalized spacial score (nSPS) is 21.5. The van der Waals surface area contributed by atoms with Gasteiger partial charge in [0.25, 0.3) is 0 Å². The Balaban J connectivity index is 2.43. The maximum atomic E-state index is 11.6. The number of hydrogen-bond acceptors (Lipinski definition) is 4. The van der Waals surface area contributed by atoms with E-state index in [9.17, 15) is 4.79 Å². The van der Waals surface area contributed by atoms with Crippen LogP contribution < -0.4 is 11.1 Å². The highest BCUT2D eigenvalue weighted by Gasteiger charge is 2.31. The van der Waals surface area contributed by atoms with Gasteiger partial charge in [-0.3, -0.25) is 4.79 Å². The van der Waals surface area contributed by atoms with Crippen molar-refractivity contribution in [3.63, 3.8) is 0 Å². The van der Waals surface area contributed by atoms with Crippen LogP contribution in [0.25, 0.3) is 0 Å². The van der Waals surface area contributed by atoms with E-state index in [-0.39, 0.29) is 5.91 Å². The fraction of sp³-hybridized carbons (Fsp3) is 0.929. The fourth-order valence-electron chi connectivity index (χ4n) is 2.71. The number of likely N-dealkylation sites (tertiary alicyclic amines) is 1. The van der Waals surface area contributed by atoms with Gasteiger partial charge in [0, 0.05) is 12.6 Å². The number of rotatable bonds is 7. The van der Waals surface area contributed by atoms with Gasteiger partial charge >= 0.3 is 0 Å². The summed E-state index contributed by atoms with van der Waals surface area (Å²) in [6.07, 6.45) is 3.18. The third-order valence-corrected chi connectivity index (χ3v) is 4.39. The molecule has 1 fully saturated rings. The first-order valence-electron chi connectivity index (χ1n) is 7.32. The maximum absolute atomic E-state index is 11.6. The Morgan fingerprint density at radius 2 is 2.05 bits per heavy atom. The molecule has 1 atom stereocenters. The molecule has 1 unspecified atom stereocenters. The highest BCUT2D eigenvalue weighted by molar-refractivity contribution is 5.84. The van der Waals surface area contributed by atoms with Crippen LogP contribution in [0.4, 0.5) is 0 Å². The molecule has 0 radical (unpaired) electrons. The zero-order valence-corrected chi connectivity index (χ0v) is 12.9. The SMILES string of the molecule is CCNC(C)(CCN(C)C1CCN(C)CC1)C(N)=O. The van der Waals surface area contributed by atoms with Gasteiger partial charge in [-0.15, -0.1) is 0 Å². The summed E-state index contributed by atoms with van der Waals surface area (Å²) in [6.45, 7) is 7.89. The van der Waals surface area contributed by atoms with Crippen LogP contribution in [0.2, 0.25) is 0 Å². The highest BCUT2D eigenvalue weighted by atomic mass is 16.1. The van der Waals surface area contributed by atoms with Gasteiger partial charge in [-0.1, -0.05) is 6.92 Å². The van der Waals surface area contributed by atoms with E-state index >= 15 is 0 Å². The molecule has 0 aromatic carbocycles. The summed E-state index contributed by atoms with van der Waals surface area (Å²) in [5, 5.41) is 3.21. The molecule has 1 saturated heterocycles. The molecule has 0 spiro atoms. The van der Waals surface area contributed by atoms with Crippen molar-refractivity contribution in [3.05, 3.63) is 0 Å². The van der Waals surface area contributed by atoms with Crippen molar-refractivity contribution in [1.82, 2.24) is 15.1 Å². The lowest BCUT2D eigenvalue weighted by molar-refractivity contribution is -0.124. The van der Waals surface area contributed by atoms with Gasteiger partial charge in [0.2, 0.25) is 5.91 Å². The summed E-state index contributed by atoms with van der Waals surface area (Å²) in [5.41, 5.74) is 4.92. The quantitative estimate of drug-likeness (QED) is 0.696. The number of amides is 1. The molecule has 0 saturated carbocycles. The molecular weight excluding hydrogens is 240 g/mol. The van der Waals surface area contributed by atoms with Crippen molar-refractivity contribution in [1.29, 1.82) is 0 Å². The maximum Gasteiger partial charge on any atom is 0.237 e. The van der Waals surface area contributed by atoms with E-state index in [1.165, 1.54) is 12.8 Å². The average Bonchev–Trinajstić information content (AvgIpc) is 2.37. The van der Waals surface area contributed by atoms with Gasteiger partial charge in [-0.05, 0) is 59.9 Å². The third-order valence-electron chi connectivity index (χ3n) is 4.39. The number of carbonyl (C=O) groups excluding carboxylic acids is 1. The Morgan fingerprint density at radius 3 is 2.53 bits per heavy atom. The predicted molar refractivity (Wildman–Crippen MR) is 79.0 cm³/mol. The third kappa shape index (κ3) is 4.75. The first-order valence-corrected chi connectivity index (χ1v) is 7.32. The van der Waals surface area contributed by atoms with Crippen LogP contribution in [0, 0.1) is 0 Å². The second-order valence-electron chi connectivity index (χ2n) is 5.99. The lowest BCUT2D eigenvalue weighted by Crippen LogP contribution is -2.55. The topological polar surface area (TPSA) is 61.6 Å². The number of nitrogens with two attached hydrogens (primary N) is 1. The second kappa shape index (κ2) is 7.22. The molecule has 3 N–H and O–H groups in total. The molecule has 1 aliphatic heterocycles. The summed E-state index contributed by atoms with van der Waals surface area (Å²) < 4.78 is 0. The molecule has 19 heavy (non-hydrogen) atoms. The van der Waals surface area contributed by atoms with Crippen LogP contribution in [-0.4, -0.2) is 67.6 Å². The minimum atomic E-state index is -0.589. The summed E-state index contributed by atoms with van der Waals surface area (Å²) >= 11 is 0. The molecule has 112 valence electrons. The standard InChI is InChI=1S/C14H30N4O/c1-5-16-14(2,13(15)19)8-11-18(4)12-6-9-17(3)10-7-12/h12,16H,5-11H2,1-4H3,(H2,15,19). The second-order valence-corrected chi connectivity index (χ2v) is 5.99. The molecule has 0 bridgehead atoms. The number of piperidine rings is 1. The molecule has 1 aliphatic rings. The Morgan fingerprint density at radius 1 is 1.47 bits per heavy atom. The Labute approximate surface area is 117 Å². The molecule has 0 aliphatic carbocycles. The van der Waals surface area contributed by atoms with Crippen molar-refractivity contribution >= 4 is 5.91 Å². The van der Waals surface area contributed by atoms with E-state index < -0.39 is 5.54 Å². The van der Waals surface area contributed by atoms with Crippen LogP contribution >= 0.6 is 0 Å². The summed E-state index contributed by atoms with van der Waals surface area (Å²) in [4.78, 5) is 16.3. The highest BCUT2D eigenvalue weighted by Crippen LogP contribution is 2.16. The number of likely N-dealkylation sites (N-methyl/N-ethyl adjacent to an activating group) is 1. The van der Waals surface area contributed by atoms with Crippen LogP contribution in [0.1, 0.15) is 33.1 Å². The Bertz CT molecular complexity index is 289. The number of nitrogens with one attached hydrogen (secondary N) is 1. The minimum absolute atomic E-state index is 0.258. The van der Waals surface area contributed by atoms with Crippen molar-refractivity contribution in [2.75, 3.05) is 40.3 Å². The summed E-state index contributed by atoms with van der Waals surface area (Å²) in [6, 6.07) is 0.634. The lowest BCUT2D eigenvalue weighted by Gasteiger charge is -2.37. The van der Waals surface area contributed by atoms with E-state index in [1.807, 2.05) is 13.8 Å². The Kier molecular flexibility index (Phi) is 6.23. The van der Waals surface area contributed by atoms with E-state index in [1.54, 1.807) is 0 Å². The molecule has 0 aromatic heterocycles. The van der Waals surface area contributed by atoms with Gasteiger partial charge in [-0.25, -0.2) is 0 Å². The number of nitrogens with zero attached hydrogens (tertiary/aromatic N) is 2. The van der Waals surface area contributed by atoms with Gasteiger partial charge in [0.05, 0.1) is 5.54 Å². The molecule has 5 nitrogen and oxygen atoms in total. The van der Waals surface area contributed by atoms with E-state index in [0.717, 1.165) is 32.6 Å². The largest absolute Gasteiger partial charge is 0.368 e. The Hall–Kier alpha value is -0.650. The van der Waals surface area contributed by atoms with E-state index in [4.69, 9.17) is 5.73 Å². The predicted octanol–water partition coefficient (Wildman–Crippen LogP) is 0.256. The first kappa shape index (κ1) is 16.4. The van der Waals surface area contributed by atoms with Crippen molar-refractivity contribution < 1.29 is 4.79 Å². The van der Waals surface area contributed by atoms with Crippen molar-refractivity contribution in [3.8, 4) is 0 Å². The van der Waals surface area contributed by atoms with Gasteiger partial charge in [-0.2, -0.15) is 0 Å². The number of primary amides is 1. The molecule has 1 amide bonds. The summed E-state index contributed by atoms with van der Waals surface area (Å²) in [7, 11) is 4.33. The van der Waals surface area contributed by atoms with Crippen LogP contribution in [0.15, 0.2) is 0 Å². The van der Waals surface area contributed by atoms with Crippen LogP contribution in [0.3, 0.4) is 0 Å². The molecule has 0 aromatic rings. The summed E-state index contributed by atoms with van der Waals surface area (Å²) in [5.74, 6) is -0.258. The van der Waals surface area contributed by atoms with Crippen molar-refractivity contribution in [2.24, 2.45) is 5.73 Å². The van der Waals surface area contributed by atoms with Gasteiger partial charge in [0.15, 0.2) is 0 Å². The molecule has 5 heteroatoms. The number of hydrogen-bond donors (Lipinski definition) is 2. The van der Waals surface area contributed by atoms with E-state index in [0.29, 0.717) is 6.04 Å². The monoisotopic (exact) mass is 270 g/mol.